The SMILES string of the molecule is CC(c1ccccc1)P(=O)(SCl)c1ccccc1. The summed E-state index contributed by atoms with van der Waals surface area (Å²) in [5.74, 6) is 0. The minimum absolute atomic E-state index is 0.0939. The number of hydrogen-bond donors (Lipinski definition) is 0. The van der Waals surface area contributed by atoms with Crippen LogP contribution in [0.1, 0.15) is 18.1 Å². The van der Waals surface area contributed by atoms with Crippen molar-refractivity contribution in [1.82, 2.24) is 0 Å². The van der Waals surface area contributed by atoms with Gasteiger partial charge in [-0.1, -0.05) is 67.6 Å². The fourth-order valence-corrected chi connectivity index (χ4v) is 6.81. The van der Waals surface area contributed by atoms with E-state index in [0.29, 0.717) is 0 Å². The lowest BCUT2D eigenvalue weighted by Gasteiger charge is -2.22. The van der Waals surface area contributed by atoms with E-state index in [1.807, 2.05) is 67.6 Å². The first kappa shape index (κ1) is 13.7. The largest absolute Gasteiger partial charge is 0.305 e. The molecule has 0 N–H and O–H groups in total. The van der Waals surface area contributed by atoms with E-state index in [2.05, 4.69) is 0 Å². The molecule has 0 heterocycles. The normalized spacial score (nSPS) is 15.9. The number of hydrogen-bond acceptors (Lipinski definition) is 2. The van der Waals surface area contributed by atoms with Crippen LogP contribution in [0.3, 0.4) is 0 Å². The second kappa shape index (κ2) is 5.97. The molecule has 2 aromatic rings. The van der Waals surface area contributed by atoms with Crippen LogP contribution >= 0.6 is 27.6 Å². The van der Waals surface area contributed by atoms with Crippen LogP contribution in [-0.2, 0) is 4.57 Å². The van der Waals surface area contributed by atoms with Crippen molar-refractivity contribution in [3.63, 3.8) is 0 Å². The van der Waals surface area contributed by atoms with Crippen LogP contribution in [0, 0.1) is 0 Å². The van der Waals surface area contributed by atoms with E-state index >= 15 is 0 Å². The van der Waals surface area contributed by atoms with E-state index in [1.54, 1.807) is 0 Å². The summed E-state index contributed by atoms with van der Waals surface area (Å²) in [7, 11) is 6.90. The quantitative estimate of drug-likeness (QED) is 0.718. The van der Waals surface area contributed by atoms with Crippen molar-refractivity contribution >= 4 is 32.9 Å². The van der Waals surface area contributed by atoms with Crippen molar-refractivity contribution in [3.05, 3.63) is 66.2 Å². The van der Waals surface area contributed by atoms with Crippen molar-refractivity contribution in [1.29, 1.82) is 0 Å². The van der Waals surface area contributed by atoms with Crippen LogP contribution in [0.15, 0.2) is 60.7 Å². The first-order chi connectivity index (χ1) is 8.68. The van der Waals surface area contributed by atoms with Crippen molar-refractivity contribution in [2.45, 2.75) is 12.6 Å². The monoisotopic (exact) mass is 296 g/mol. The van der Waals surface area contributed by atoms with Crippen molar-refractivity contribution in [3.8, 4) is 0 Å². The van der Waals surface area contributed by atoms with Gasteiger partial charge in [-0.25, -0.2) is 0 Å². The molecule has 18 heavy (non-hydrogen) atoms. The molecule has 2 unspecified atom stereocenters. The Labute approximate surface area is 116 Å². The highest BCUT2D eigenvalue weighted by atomic mass is 35.7. The fourth-order valence-electron chi connectivity index (χ4n) is 1.89. The minimum atomic E-state index is -2.68. The van der Waals surface area contributed by atoms with Gasteiger partial charge in [-0.05, 0) is 16.2 Å². The van der Waals surface area contributed by atoms with Gasteiger partial charge in [0, 0.05) is 21.6 Å². The third kappa shape index (κ3) is 2.66. The maximum atomic E-state index is 13.1. The molecule has 0 aliphatic carbocycles. The lowest BCUT2D eigenvalue weighted by atomic mass is 10.2. The average Bonchev–Trinajstić information content (AvgIpc) is 2.47. The van der Waals surface area contributed by atoms with Crippen LogP contribution in [0.5, 0.6) is 0 Å². The van der Waals surface area contributed by atoms with Gasteiger partial charge in [0.2, 0.25) is 0 Å². The number of rotatable bonds is 4. The molecule has 94 valence electrons. The van der Waals surface area contributed by atoms with Crippen LogP contribution in [0.2, 0.25) is 0 Å². The summed E-state index contributed by atoms with van der Waals surface area (Å²) in [6.45, 7) is 1.97. The molecule has 1 nitrogen and oxygen atoms in total. The Hall–Kier alpha value is -0.690. The van der Waals surface area contributed by atoms with Crippen LogP contribution in [-0.4, -0.2) is 0 Å². The van der Waals surface area contributed by atoms with E-state index in [-0.39, 0.29) is 5.66 Å². The maximum absolute atomic E-state index is 13.1. The Morgan fingerprint density at radius 3 is 2.00 bits per heavy atom. The highest BCUT2D eigenvalue weighted by Gasteiger charge is 2.33. The maximum Gasteiger partial charge on any atom is 0.188 e. The Balaban J connectivity index is 2.43. The molecule has 0 aliphatic heterocycles. The van der Waals surface area contributed by atoms with Gasteiger partial charge in [0.05, 0.1) is 0 Å². The van der Waals surface area contributed by atoms with Gasteiger partial charge in [-0.15, -0.1) is 0 Å². The molecule has 4 heteroatoms. The lowest BCUT2D eigenvalue weighted by Crippen LogP contribution is -2.06. The third-order valence-electron chi connectivity index (χ3n) is 3.01. The molecule has 0 spiro atoms. The van der Waals surface area contributed by atoms with Gasteiger partial charge < -0.3 is 4.57 Å². The van der Waals surface area contributed by atoms with Gasteiger partial charge in [0.1, 0.15) is 0 Å². The van der Waals surface area contributed by atoms with Crippen molar-refractivity contribution in [2.24, 2.45) is 0 Å². The predicted octanol–water partition coefficient (Wildman–Crippen LogP) is 5.24. The van der Waals surface area contributed by atoms with Crippen molar-refractivity contribution in [2.75, 3.05) is 0 Å². The molecular weight excluding hydrogens is 283 g/mol. The van der Waals surface area contributed by atoms with Crippen LogP contribution in [0.25, 0.3) is 0 Å². The van der Waals surface area contributed by atoms with Crippen molar-refractivity contribution < 1.29 is 4.57 Å². The minimum Gasteiger partial charge on any atom is -0.305 e. The molecule has 0 radical (unpaired) electrons. The predicted molar refractivity (Wildman–Crippen MR) is 82.0 cm³/mol. The second-order valence-corrected chi connectivity index (χ2v) is 9.99. The van der Waals surface area contributed by atoms with Crippen LogP contribution < -0.4 is 5.30 Å². The summed E-state index contributed by atoms with van der Waals surface area (Å²) >= 11 is 0. The topological polar surface area (TPSA) is 17.1 Å². The summed E-state index contributed by atoms with van der Waals surface area (Å²) in [6, 6.07) is 19.3. The average molecular weight is 297 g/mol. The summed E-state index contributed by atoms with van der Waals surface area (Å²) in [4.78, 5) is 0. The van der Waals surface area contributed by atoms with Gasteiger partial charge in [0.15, 0.2) is 6.34 Å². The first-order valence-electron chi connectivity index (χ1n) is 5.69. The molecule has 0 amide bonds. The molecule has 0 aliphatic rings. The van der Waals surface area contributed by atoms with E-state index in [1.165, 1.54) is 0 Å². The Morgan fingerprint density at radius 1 is 1.00 bits per heavy atom. The first-order valence-corrected chi connectivity index (χ1v) is 9.71. The molecule has 0 saturated heterocycles. The number of benzene rings is 2. The fraction of sp³-hybridized carbons (Fsp3) is 0.143. The molecule has 2 aromatic carbocycles. The van der Waals surface area contributed by atoms with Gasteiger partial charge in [-0.3, -0.25) is 0 Å². The molecule has 0 saturated carbocycles. The van der Waals surface area contributed by atoms with E-state index < -0.39 is 6.34 Å². The smallest absolute Gasteiger partial charge is 0.188 e. The molecular formula is C14H14ClOPS. The zero-order chi connectivity index (χ0) is 13.0. The highest BCUT2D eigenvalue weighted by Crippen LogP contribution is 2.69. The highest BCUT2D eigenvalue weighted by molar-refractivity contribution is 8.70. The third-order valence-corrected chi connectivity index (χ3v) is 9.59. The van der Waals surface area contributed by atoms with Gasteiger partial charge in [0.25, 0.3) is 0 Å². The summed E-state index contributed by atoms with van der Waals surface area (Å²) < 4.78 is 13.1. The summed E-state index contributed by atoms with van der Waals surface area (Å²) in [6.07, 6.45) is -2.68. The van der Waals surface area contributed by atoms with E-state index in [4.69, 9.17) is 10.7 Å². The molecule has 0 aromatic heterocycles. The molecule has 0 bridgehead atoms. The summed E-state index contributed by atoms with van der Waals surface area (Å²) in [5, 5.41) is 0.821. The Morgan fingerprint density at radius 2 is 1.50 bits per heavy atom. The number of halogens is 1. The molecule has 0 fully saturated rings. The van der Waals surface area contributed by atoms with Gasteiger partial charge >= 0.3 is 0 Å². The van der Waals surface area contributed by atoms with Gasteiger partial charge in [-0.2, -0.15) is 0 Å². The second-order valence-electron chi connectivity index (χ2n) is 4.09. The lowest BCUT2D eigenvalue weighted by molar-refractivity contribution is 0.585. The van der Waals surface area contributed by atoms with E-state index in [0.717, 1.165) is 21.5 Å². The Kier molecular flexibility index (Phi) is 4.55. The van der Waals surface area contributed by atoms with Crippen LogP contribution in [0.4, 0.5) is 0 Å². The standard InChI is InChI=1S/C14H14ClOPS/c1-12(13-8-4-2-5-9-13)17(16,18-15)14-10-6-3-7-11-14/h2-12H,1H3. The molecule has 2 atom stereocenters. The summed E-state index contributed by atoms with van der Waals surface area (Å²) in [5.41, 5.74) is 0.960. The molecule has 2 rings (SSSR count). The zero-order valence-corrected chi connectivity index (χ0v) is 12.5. The zero-order valence-electron chi connectivity index (χ0n) is 9.99. The Bertz CT molecular complexity index is 544. The van der Waals surface area contributed by atoms with E-state index in [9.17, 15) is 4.57 Å².